The summed E-state index contributed by atoms with van der Waals surface area (Å²) in [5.74, 6) is 0.806. The van der Waals surface area contributed by atoms with Crippen molar-refractivity contribution in [2.45, 2.75) is 0 Å². The molecule has 86 valence electrons. The van der Waals surface area contributed by atoms with Crippen molar-refractivity contribution in [3.63, 3.8) is 0 Å². The summed E-state index contributed by atoms with van der Waals surface area (Å²) in [6.07, 6.45) is 0. The third-order valence-electron chi connectivity index (χ3n) is 2.48. The van der Waals surface area contributed by atoms with Crippen LogP contribution in [-0.2, 0) is 14.1 Å². The van der Waals surface area contributed by atoms with Crippen molar-refractivity contribution in [3.8, 4) is 5.88 Å². The van der Waals surface area contributed by atoms with Gasteiger partial charge in [0.15, 0.2) is 11.2 Å². The minimum Gasteiger partial charge on any atom is -0.479 e. The molecule has 7 heteroatoms. The molecule has 0 unspecified atom stereocenters. The van der Waals surface area contributed by atoms with Crippen molar-refractivity contribution in [1.29, 1.82) is 0 Å². The van der Waals surface area contributed by atoms with Gasteiger partial charge in [0.25, 0.3) is 0 Å². The van der Waals surface area contributed by atoms with Crippen LogP contribution in [0.2, 0.25) is 0 Å². The Bertz CT molecular complexity index is 598. The molecule has 2 heterocycles. The molecule has 16 heavy (non-hydrogen) atoms. The van der Waals surface area contributed by atoms with Gasteiger partial charge in [-0.25, -0.2) is 4.79 Å². The van der Waals surface area contributed by atoms with Gasteiger partial charge in [0.2, 0.25) is 11.8 Å². The van der Waals surface area contributed by atoms with Crippen LogP contribution in [0.3, 0.4) is 0 Å². The first-order valence-corrected chi connectivity index (χ1v) is 4.75. The molecular weight excluding hydrogens is 210 g/mol. The molecule has 0 spiro atoms. The lowest BCUT2D eigenvalue weighted by molar-refractivity contribution is 0.401. The monoisotopic (exact) mass is 223 g/mol. The Balaban J connectivity index is 2.95. The molecular formula is C9H13N5O2. The van der Waals surface area contributed by atoms with Gasteiger partial charge in [-0.2, -0.15) is 9.97 Å². The number of hydrogen-bond acceptors (Lipinski definition) is 5. The number of nitrogens with zero attached hydrogens (tertiary/aromatic N) is 4. The Morgan fingerprint density at radius 2 is 1.94 bits per heavy atom. The second-order valence-corrected chi connectivity index (χ2v) is 3.38. The normalized spacial score (nSPS) is 10.8. The third kappa shape index (κ3) is 1.24. The maximum absolute atomic E-state index is 11.7. The zero-order chi connectivity index (χ0) is 11.9. The number of aromatic nitrogens is 4. The zero-order valence-electron chi connectivity index (χ0n) is 9.61. The number of ether oxygens (including phenoxy) is 1. The van der Waals surface area contributed by atoms with Gasteiger partial charge in [0.05, 0.1) is 7.11 Å². The van der Waals surface area contributed by atoms with Crippen LogP contribution in [0.4, 0.5) is 5.95 Å². The number of aryl methyl sites for hydroxylation is 2. The van der Waals surface area contributed by atoms with Crippen LogP contribution in [0.15, 0.2) is 4.79 Å². The molecule has 0 amide bonds. The fraction of sp³-hybridized carbons (Fsp3) is 0.444. The van der Waals surface area contributed by atoms with Crippen LogP contribution >= 0.6 is 0 Å². The van der Waals surface area contributed by atoms with Gasteiger partial charge in [-0.1, -0.05) is 0 Å². The Morgan fingerprint density at radius 1 is 1.25 bits per heavy atom. The smallest absolute Gasteiger partial charge is 0.329 e. The summed E-state index contributed by atoms with van der Waals surface area (Å²) in [6, 6.07) is 0. The van der Waals surface area contributed by atoms with E-state index in [1.165, 1.54) is 16.2 Å². The average Bonchev–Trinajstić information content (AvgIpc) is 2.53. The lowest BCUT2D eigenvalue weighted by Gasteiger charge is -2.04. The molecule has 0 aromatic carbocycles. The van der Waals surface area contributed by atoms with E-state index in [0.717, 1.165) is 0 Å². The van der Waals surface area contributed by atoms with Crippen LogP contribution in [0, 0.1) is 0 Å². The Morgan fingerprint density at radius 3 is 2.50 bits per heavy atom. The summed E-state index contributed by atoms with van der Waals surface area (Å²) < 4.78 is 8.08. The van der Waals surface area contributed by atoms with E-state index >= 15 is 0 Å². The largest absolute Gasteiger partial charge is 0.479 e. The van der Waals surface area contributed by atoms with Crippen molar-refractivity contribution < 1.29 is 4.74 Å². The van der Waals surface area contributed by atoms with Gasteiger partial charge in [0, 0.05) is 21.1 Å². The zero-order valence-corrected chi connectivity index (χ0v) is 9.61. The molecule has 0 radical (unpaired) electrons. The number of rotatable bonds is 2. The molecule has 0 saturated carbocycles. The molecule has 0 aliphatic heterocycles. The minimum absolute atomic E-state index is 0.157. The van der Waals surface area contributed by atoms with E-state index in [1.807, 2.05) is 0 Å². The minimum atomic E-state index is -0.157. The Kier molecular flexibility index (Phi) is 2.30. The van der Waals surface area contributed by atoms with Crippen LogP contribution in [0.5, 0.6) is 5.88 Å². The van der Waals surface area contributed by atoms with E-state index in [9.17, 15) is 4.79 Å². The first-order valence-electron chi connectivity index (χ1n) is 4.75. The maximum atomic E-state index is 11.7. The van der Waals surface area contributed by atoms with Gasteiger partial charge in [0.1, 0.15) is 0 Å². The summed E-state index contributed by atoms with van der Waals surface area (Å²) in [5, 5.41) is 2.82. The predicted molar refractivity (Wildman–Crippen MR) is 59.8 cm³/mol. The summed E-state index contributed by atoms with van der Waals surface area (Å²) in [6.45, 7) is 0. The molecule has 2 aromatic heterocycles. The molecule has 0 aliphatic rings. The van der Waals surface area contributed by atoms with Crippen molar-refractivity contribution in [1.82, 2.24) is 19.1 Å². The number of fused-ring (bicyclic) bond motifs is 1. The molecule has 0 saturated heterocycles. The number of imidazole rings is 1. The van der Waals surface area contributed by atoms with E-state index < -0.39 is 0 Å². The average molecular weight is 223 g/mol. The maximum Gasteiger partial charge on any atom is 0.329 e. The second kappa shape index (κ2) is 3.51. The van der Waals surface area contributed by atoms with Gasteiger partial charge in [-0.3, -0.25) is 9.13 Å². The summed E-state index contributed by atoms with van der Waals surface area (Å²) >= 11 is 0. The molecule has 2 rings (SSSR count). The first kappa shape index (κ1) is 10.5. The standard InChI is InChI=1S/C9H13N5O2/c1-10-8-11-6-5(7(12-8)16-4)13(2)9(15)14(6)3/h1-4H3,(H,10,11,12). The fourth-order valence-electron chi connectivity index (χ4n) is 1.62. The van der Waals surface area contributed by atoms with E-state index in [0.29, 0.717) is 23.0 Å². The van der Waals surface area contributed by atoms with Crippen molar-refractivity contribution in [2.75, 3.05) is 19.5 Å². The van der Waals surface area contributed by atoms with Gasteiger partial charge < -0.3 is 10.1 Å². The molecule has 7 nitrogen and oxygen atoms in total. The van der Waals surface area contributed by atoms with Crippen molar-refractivity contribution >= 4 is 17.1 Å². The van der Waals surface area contributed by atoms with Gasteiger partial charge in [-0.15, -0.1) is 0 Å². The second-order valence-electron chi connectivity index (χ2n) is 3.38. The summed E-state index contributed by atoms with van der Waals surface area (Å²) in [5.41, 5.74) is 0.980. The highest BCUT2D eigenvalue weighted by Gasteiger charge is 2.16. The van der Waals surface area contributed by atoms with Gasteiger partial charge in [-0.05, 0) is 0 Å². The van der Waals surface area contributed by atoms with Crippen LogP contribution in [-0.4, -0.2) is 33.3 Å². The number of methoxy groups -OCH3 is 1. The number of hydrogen-bond donors (Lipinski definition) is 1. The highest BCUT2D eigenvalue weighted by atomic mass is 16.5. The van der Waals surface area contributed by atoms with Crippen molar-refractivity contribution in [3.05, 3.63) is 10.5 Å². The van der Waals surface area contributed by atoms with Gasteiger partial charge >= 0.3 is 5.69 Å². The van der Waals surface area contributed by atoms with E-state index in [1.54, 1.807) is 21.1 Å². The lowest BCUT2D eigenvalue weighted by atomic mass is 10.5. The van der Waals surface area contributed by atoms with Crippen molar-refractivity contribution in [2.24, 2.45) is 14.1 Å². The highest BCUT2D eigenvalue weighted by Crippen LogP contribution is 2.21. The Hall–Kier alpha value is -2.05. The van der Waals surface area contributed by atoms with Crippen LogP contribution in [0.25, 0.3) is 11.2 Å². The molecule has 0 fully saturated rings. The summed E-state index contributed by atoms with van der Waals surface area (Å²) in [7, 11) is 6.55. The number of anilines is 1. The SMILES string of the molecule is CNc1nc(OC)c2c(n1)n(C)c(=O)n2C. The highest BCUT2D eigenvalue weighted by molar-refractivity contribution is 5.78. The predicted octanol–water partition coefficient (Wildman–Crippen LogP) is -0.283. The summed E-state index contributed by atoms with van der Waals surface area (Å²) in [4.78, 5) is 20.1. The van der Waals surface area contributed by atoms with E-state index in [4.69, 9.17) is 4.74 Å². The fourth-order valence-corrected chi connectivity index (χ4v) is 1.62. The number of nitrogens with one attached hydrogen (secondary N) is 1. The van der Waals surface area contributed by atoms with E-state index in [-0.39, 0.29) is 5.69 Å². The van der Waals surface area contributed by atoms with Crippen LogP contribution in [0.1, 0.15) is 0 Å². The quantitative estimate of drug-likeness (QED) is 0.757. The molecule has 0 aliphatic carbocycles. The molecule has 1 N–H and O–H groups in total. The lowest BCUT2D eigenvalue weighted by Crippen LogP contribution is -2.19. The molecule has 2 aromatic rings. The Labute approximate surface area is 91.7 Å². The molecule has 0 atom stereocenters. The topological polar surface area (TPSA) is 74.0 Å². The first-order chi connectivity index (χ1) is 7.60. The molecule has 0 bridgehead atoms. The third-order valence-corrected chi connectivity index (χ3v) is 2.48. The van der Waals surface area contributed by atoms with E-state index in [2.05, 4.69) is 15.3 Å². The van der Waals surface area contributed by atoms with Crippen LogP contribution < -0.4 is 15.7 Å².